The molecule has 5 heteroatoms. The molecule has 2 aromatic heterocycles. The maximum absolute atomic E-state index is 9.12. The number of nitrogens with one attached hydrogen (secondary N) is 1. The predicted octanol–water partition coefficient (Wildman–Crippen LogP) is 5.27. The summed E-state index contributed by atoms with van der Waals surface area (Å²) in [7, 11) is 2.05. The topological polar surface area (TPSA) is 66.5 Å². The highest BCUT2D eigenvalue weighted by molar-refractivity contribution is 5.97. The molecule has 2 heterocycles. The molecule has 0 saturated carbocycles. The Bertz CT molecular complexity index is 1420. The quantitative estimate of drug-likeness (QED) is 0.455. The summed E-state index contributed by atoms with van der Waals surface area (Å²) in [5.74, 6) is 0. The monoisotopic (exact) mass is 389 g/mol. The molecule has 0 aliphatic carbocycles. The Balaban J connectivity index is 1.57. The van der Waals surface area contributed by atoms with Gasteiger partial charge in [0.1, 0.15) is 0 Å². The van der Waals surface area contributed by atoms with Crippen LogP contribution < -0.4 is 5.32 Å². The molecule has 0 radical (unpaired) electrons. The van der Waals surface area contributed by atoms with Crippen LogP contribution >= 0.6 is 0 Å². The fraction of sp³-hybridized carbons (Fsp3) is 0.0800. The molecule has 0 unspecified atom stereocenters. The van der Waals surface area contributed by atoms with Crippen molar-refractivity contribution in [3.63, 3.8) is 0 Å². The van der Waals surface area contributed by atoms with E-state index in [1.807, 2.05) is 30.3 Å². The molecule has 30 heavy (non-hydrogen) atoms. The molecule has 144 valence electrons. The average Bonchev–Trinajstić information content (AvgIpc) is 3.17. The lowest BCUT2D eigenvalue weighted by molar-refractivity contribution is 0.969. The molecular weight excluding hydrogens is 370 g/mol. The second-order valence-corrected chi connectivity index (χ2v) is 7.31. The van der Waals surface area contributed by atoms with E-state index in [9.17, 15) is 0 Å². The zero-order valence-electron chi connectivity index (χ0n) is 16.5. The molecule has 3 aromatic carbocycles. The van der Waals surface area contributed by atoms with Crippen LogP contribution in [0.25, 0.3) is 33.1 Å². The zero-order chi connectivity index (χ0) is 20.5. The van der Waals surface area contributed by atoms with Gasteiger partial charge in [-0.3, -0.25) is 9.97 Å². The first-order valence-corrected chi connectivity index (χ1v) is 9.74. The Morgan fingerprint density at radius 1 is 1.00 bits per heavy atom. The lowest BCUT2D eigenvalue weighted by atomic mass is 10.0. The van der Waals surface area contributed by atoms with Crippen LogP contribution in [0.5, 0.6) is 0 Å². The van der Waals surface area contributed by atoms with Crippen LogP contribution in [0, 0.1) is 11.3 Å². The zero-order valence-corrected chi connectivity index (χ0v) is 16.5. The van der Waals surface area contributed by atoms with Gasteiger partial charge in [0.2, 0.25) is 0 Å². The molecule has 0 atom stereocenters. The SMILES string of the molecule is Cn1ccc2ccc(-c3cc(NCc4cccc(C#N)c4)cc4nccnc34)cc21. The first kappa shape index (κ1) is 17.9. The normalized spacial score (nSPS) is 10.9. The van der Waals surface area contributed by atoms with Gasteiger partial charge in [-0.25, -0.2) is 0 Å². The molecular formula is C25H19N5. The van der Waals surface area contributed by atoms with Gasteiger partial charge in [0, 0.05) is 49.0 Å². The molecule has 0 amide bonds. The lowest BCUT2D eigenvalue weighted by Gasteiger charge is -2.12. The Morgan fingerprint density at radius 2 is 1.90 bits per heavy atom. The molecule has 0 bridgehead atoms. The maximum atomic E-state index is 9.12. The van der Waals surface area contributed by atoms with Gasteiger partial charge in [0.05, 0.1) is 22.7 Å². The van der Waals surface area contributed by atoms with Gasteiger partial charge < -0.3 is 9.88 Å². The number of rotatable bonds is 4. The van der Waals surface area contributed by atoms with Crippen LogP contribution in [-0.2, 0) is 13.6 Å². The second kappa shape index (κ2) is 7.34. The lowest BCUT2D eigenvalue weighted by Crippen LogP contribution is -2.01. The van der Waals surface area contributed by atoms with E-state index < -0.39 is 0 Å². The van der Waals surface area contributed by atoms with Gasteiger partial charge >= 0.3 is 0 Å². The molecule has 5 nitrogen and oxygen atoms in total. The van der Waals surface area contributed by atoms with Gasteiger partial charge in [-0.05, 0) is 52.9 Å². The summed E-state index contributed by atoms with van der Waals surface area (Å²) in [6.07, 6.45) is 5.51. The van der Waals surface area contributed by atoms with Crippen molar-refractivity contribution >= 4 is 27.6 Å². The highest BCUT2D eigenvalue weighted by Gasteiger charge is 2.10. The average molecular weight is 389 g/mol. The minimum absolute atomic E-state index is 0.623. The van der Waals surface area contributed by atoms with E-state index in [1.165, 1.54) is 10.9 Å². The third-order valence-corrected chi connectivity index (χ3v) is 5.33. The molecule has 5 rings (SSSR count). The van der Waals surface area contributed by atoms with E-state index in [2.05, 4.69) is 69.5 Å². The van der Waals surface area contributed by atoms with E-state index in [0.717, 1.165) is 33.4 Å². The van der Waals surface area contributed by atoms with Gasteiger partial charge in [-0.1, -0.05) is 24.3 Å². The van der Waals surface area contributed by atoms with Gasteiger partial charge in [-0.15, -0.1) is 0 Å². The van der Waals surface area contributed by atoms with E-state index >= 15 is 0 Å². The molecule has 1 N–H and O–H groups in total. The van der Waals surface area contributed by atoms with Crippen molar-refractivity contribution in [1.29, 1.82) is 5.26 Å². The number of aryl methyl sites for hydroxylation is 1. The van der Waals surface area contributed by atoms with Crippen molar-refractivity contribution in [3.8, 4) is 17.2 Å². The predicted molar refractivity (Wildman–Crippen MR) is 120 cm³/mol. The third kappa shape index (κ3) is 3.25. The Hall–Kier alpha value is -4.17. The number of aromatic nitrogens is 3. The number of fused-ring (bicyclic) bond motifs is 2. The molecule has 0 aliphatic rings. The van der Waals surface area contributed by atoms with Crippen LogP contribution in [-0.4, -0.2) is 14.5 Å². The summed E-state index contributed by atoms with van der Waals surface area (Å²) in [6.45, 7) is 0.623. The fourth-order valence-electron chi connectivity index (χ4n) is 3.78. The smallest absolute Gasteiger partial charge is 0.0991 e. The molecule has 0 spiro atoms. The van der Waals surface area contributed by atoms with Crippen LogP contribution in [0.1, 0.15) is 11.1 Å². The number of benzene rings is 3. The summed E-state index contributed by atoms with van der Waals surface area (Å²) in [4.78, 5) is 9.13. The largest absolute Gasteiger partial charge is 0.381 e. The molecule has 0 aliphatic heterocycles. The number of nitriles is 1. The summed E-state index contributed by atoms with van der Waals surface area (Å²) in [5.41, 5.74) is 7.72. The summed E-state index contributed by atoms with van der Waals surface area (Å²) < 4.78 is 2.12. The minimum Gasteiger partial charge on any atom is -0.381 e. The minimum atomic E-state index is 0.623. The van der Waals surface area contributed by atoms with E-state index in [-0.39, 0.29) is 0 Å². The van der Waals surface area contributed by atoms with Gasteiger partial charge in [0.25, 0.3) is 0 Å². The molecule has 0 fully saturated rings. The van der Waals surface area contributed by atoms with Crippen molar-refractivity contribution < 1.29 is 0 Å². The standard InChI is InChI=1S/C25H19N5/c1-30-10-7-19-5-6-20(12-24(19)30)22-13-21(14-23-25(22)28-9-8-27-23)29-16-18-4-2-3-17(11-18)15-26/h2-14,29H,16H2,1H3. The first-order valence-electron chi connectivity index (χ1n) is 9.74. The highest BCUT2D eigenvalue weighted by atomic mass is 14.9. The highest BCUT2D eigenvalue weighted by Crippen LogP contribution is 2.32. The van der Waals surface area contributed by atoms with Crippen molar-refractivity contribution in [2.45, 2.75) is 6.54 Å². The number of anilines is 1. The molecule has 5 aromatic rings. The second-order valence-electron chi connectivity index (χ2n) is 7.31. The third-order valence-electron chi connectivity index (χ3n) is 5.33. The summed E-state index contributed by atoms with van der Waals surface area (Å²) in [6, 6.07) is 22.5. The Kier molecular flexibility index (Phi) is 4.38. The summed E-state index contributed by atoms with van der Waals surface area (Å²) >= 11 is 0. The Morgan fingerprint density at radius 3 is 2.80 bits per heavy atom. The number of nitrogens with zero attached hydrogens (tertiary/aromatic N) is 4. The van der Waals surface area contributed by atoms with Crippen LogP contribution in [0.15, 0.2) is 79.3 Å². The maximum Gasteiger partial charge on any atom is 0.0991 e. The van der Waals surface area contributed by atoms with E-state index in [0.29, 0.717) is 12.1 Å². The van der Waals surface area contributed by atoms with Crippen LogP contribution in [0.2, 0.25) is 0 Å². The Labute approximate surface area is 174 Å². The van der Waals surface area contributed by atoms with Crippen LogP contribution in [0.4, 0.5) is 5.69 Å². The number of hydrogen-bond donors (Lipinski definition) is 1. The van der Waals surface area contributed by atoms with Crippen molar-refractivity contribution in [3.05, 3.63) is 90.4 Å². The van der Waals surface area contributed by atoms with Gasteiger partial charge in [-0.2, -0.15) is 5.26 Å². The fourth-order valence-corrected chi connectivity index (χ4v) is 3.78. The number of hydrogen-bond acceptors (Lipinski definition) is 4. The van der Waals surface area contributed by atoms with Crippen molar-refractivity contribution in [1.82, 2.24) is 14.5 Å². The summed E-state index contributed by atoms with van der Waals surface area (Å²) in [5, 5.41) is 13.8. The van der Waals surface area contributed by atoms with Crippen molar-refractivity contribution in [2.24, 2.45) is 7.05 Å². The van der Waals surface area contributed by atoms with Gasteiger partial charge in [0.15, 0.2) is 0 Å². The van der Waals surface area contributed by atoms with E-state index in [4.69, 9.17) is 5.26 Å². The first-order chi connectivity index (χ1) is 14.7. The molecule has 0 saturated heterocycles. The van der Waals surface area contributed by atoms with E-state index in [1.54, 1.807) is 12.4 Å². The van der Waals surface area contributed by atoms with Crippen LogP contribution in [0.3, 0.4) is 0 Å². The van der Waals surface area contributed by atoms with Crippen molar-refractivity contribution in [2.75, 3.05) is 5.32 Å².